The van der Waals surface area contributed by atoms with E-state index in [1.807, 2.05) is 0 Å². The van der Waals surface area contributed by atoms with E-state index in [2.05, 4.69) is 53.2 Å². The SMILES string of the molecule is OCCCC/C=C/c1cccc(-c2ccsc2)c1. The Morgan fingerprint density at radius 3 is 2.83 bits per heavy atom. The molecule has 0 amide bonds. The summed E-state index contributed by atoms with van der Waals surface area (Å²) in [4.78, 5) is 0. The molecule has 1 aromatic carbocycles. The van der Waals surface area contributed by atoms with Crippen LogP contribution in [0.3, 0.4) is 0 Å². The minimum absolute atomic E-state index is 0.293. The quantitative estimate of drug-likeness (QED) is 0.751. The molecule has 0 atom stereocenters. The Morgan fingerprint density at radius 1 is 1.11 bits per heavy atom. The Morgan fingerprint density at radius 2 is 2.06 bits per heavy atom. The Balaban J connectivity index is 1.99. The lowest BCUT2D eigenvalue weighted by molar-refractivity contribution is 0.285. The maximum absolute atomic E-state index is 8.70. The average Bonchev–Trinajstić information content (AvgIpc) is 2.93. The van der Waals surface area contributed by atoms with Crippen molar-refractivity contribution in [2.24, 2.45) is 0 Å². The van der Waals surface area contributed by atoms with Crippen molar-refractivity contribution < 1.29 is 5.11 Å². The summed E-state index contributed by atoms with van der Waals surface area (Å²) in [6.45, 7) is 0.293. The lowest BCUT2D eigenvalue weighted by Crippen LogP contribution is -1.80. The maximum Gasteiger partial charge on any atom is 0.0431 e. The zero-order valence-corrected chi connectivity index (χ0v) is 11.2. The highest BCUT2D eigenvalue weighted by Crippen LogP contribution is 2.23. The predicted octanol–water partition coefficient (Wildman–Crippen LogP) is 4.59. The van der Waals surface area contributed by atoms with Crippen LogP contribution in [-0.2, 0) is 0 Å². The number of thiophene rings is 1. The molecular formula is C16H18OS. The molecule has 1 aromatic heterocycles. The highest BCUT2D eigenvalue weighted by Gasteiger charge is 1.97. The molecule has 94 valence electrons. The molecule has 0 saturated heterocycles. The van der Waals surface area contributed by atoms with Gasteiger partial charge in [0.15, 0.2) is 0 Å². The van der Waals surface area contributed by atoms with E-state index in [0.29, 0.717) is 6.61 Å². The van der Waals surface area contributed by atoms with Crippen LogP contribution in [0.5, 0.6) is 0 Å². The topological polar surface area (TPSA) is 20.2 Å². The van der Waals surface area contributed by atoms with Gasteiger partial charge in [-0.2, -0.15) is 11.3 Å². The minimum Gasteiger partial charge on any atom is -0.396 e. The molecule has 2 heteroatoms. The third-order valence-electron chi connectivity index (χ3n) is 2.83. The van der Waals surface area contributed by atoms with Crippen molar-refractivity contribution in [1.82, 2.24) is 0 Å². The van der Waals surface area contributed by atoms with Crippen molar-refractivity contribution in [1.29, 1.82) is 0 Å². The van der Waals surface area contributed by atoms with Gasteiger partial charge in [-0.3, -0.25) is 0 Å². The first-order chi connectivity index (χ1) is 8.90. The number of hydrogen-bond acceptors (Lipinski definition) is 2. The average molecular weight is 258 g/mol. The molecule has 0 aliphatic heterocycles. The zero-order chi connectivity index (χ0) is 12.6. The molecule has 0 radical (unpaired) electrons. The summed E-state index contributed by atoms with van der Waals surface area (Å²) in [5.74, 6) is 0. The molecule has 0 saturated carbocycles. The van der Waals surface area contributed by atoms with Gasteiger partial charge in [-0.05, 0) is 58.8 Å². The van der Waals surface area contributed by atoms with Crippen LogP contribution in [0, 0.1) is 0 Å². The molecule has 1 nitrogen and oxygen atoms in total. The van der Waals surface area contributed by atoms with Crippen LogP contribution < -0.4 is 0 Å². The molecule has 2 aromatic rings. The fourth-order valence-electron chi connectivity index (χ4n) is 1.84. The summed E-state index contributed by atoms with van der Waals surface area (Å²) in [6, 6.07) is 10.7. The Kier molecular flexibility index (Phi) is 5.18. The van der Waals surface area contributed by atoms with Crippen LogP contribution in [0.1, 0.15) is 24.8 Å². The summed E-state index contributed by atoms with van der Waals surface area (Å²) in [7, 11) is 0. The second-order valence-electron chi connectivity index (χ2n) is 4.26. The highest BCUT2D eigenvalue weighted by molar-refractivity contribution is 7.08. The monoisotopic (exact) mass is 258 g/mol. The van der Waals surface area contributed by atoms with Crippen molar-refractivity contribution in [3.8, 4) is 11.1 Å². The fourth-order valence-corrected chi connectivity index (χ4v) is 2.51. The van der Waals surface area contributed by atoms with Gasteiger partial charge in [0.05, 0.1) is 0 Å². The number of benzene rings is 1. The molecule has 1 N–H and O–H groups in total. The maximum atomic E-state index is 8.70. The lowest BCUT2D eigenvalue weighted by Gasteiger charge is -2.00. The van der Waals surface area contributed by atoms with Crippen LogP contribution >= 0.6 is 11.3 Å². The number of aliphatic hydroxyl groups is 1. The van der Waals surface area contributed by atoms with Crippen LogP contribution in [0.25, 0.3) is 17.2 Å². The van der Waals surface area contributed by atoms with Gasteiger partial charge in [0.25, 0.3) is 0 Å². The van der Waals surface area contributed by atoms with Crippen molar-refractivity contribution >= 4 is 17.4 Å². The van der Waals surface area contributed by atoms with Crippen LogP contribution in [-0.4, -0.2) is 11.7 Å². The van der Waals surface area contributed by atoms with Gasteiger partial charge < -0.3 is 5.11 Å². The molecular weight excluding hydrogens is 240 g/mol. The van der Waals surface area contributed by atoms with Crippen molar-refractivity contribution in [2.45, 2.75) is 19.3 Å². The number of hydrogen-bond donors (Lipinski definition) is 1. The van der Waals surface area contributed by atoms with Gasteiger partial charge >= 0.3 is 0 Å². The smallest absolute Gasteiger partial charge is 0.0431 e. The molecule has 1 heterocycles. The van der Waals surface area contributed by atoms with Gasteiger partial charge in [0.2, 0.25) is 0 Å². The first-order valence-corrected chi connectivity index (χ1v) is 7.24. The van der Waals surface area contributed by atoms with Crippen LogP contribution in [0.4, 0.5) is 0 Å². The van der Waals surface area contributed by atoms with Gasteiger partial charge in [-0.25, -0.2) is 0 Å². The van der Waals surface area contributed by atoms with E-state index >= 15 is 0 Å². The fraction of sp³-hybridized carbons (Fsp3) is 0.250. The van der Waals surface area contributed by atoms with Crippen molar-refractivity contribution in [2.75, 3.05) is 6.61 Å². The number of allylic oxidation sites excluding steroid dienone is 1. The van der Waals surface area contributed by atoms with Crippen LogP contribution in [0.15, 0.2) is 47.2 Å². The van der Waals surface area contributed by atoms with Gasteiger partial charge in [0, 0.05) is 6.61 Å². The van der Waals surface area contributed by atoms with E-state index in [9.17, 15) is 0 Å². The summed E-state index contributed by atoms with van der Waals surface area (Å²) in [5.41, 5.74) is 3.80. The normalized spacial score (nSPS) is 11.2. The third kappa shape index (κ3) is 3.83. The number of rotatable bonds is 6. The molecule has 0 aliphatic rings. The first-order valence-electron chi connectivity index (χ1n) is 6.30. The molecule has 18 heavy (non-hydrogen) atoms. The summed E-state index contributed by atoms with van der Waals surface area (Å²) in [6.07, 6.45) is 7.31. The zero-order valence-electron chi connectivity index (χ0n) is 10.4. The summed E-state index contributed by atoms with van der Waals surface area (Å²) < 4.78 is 0. The molecule has 0 unspecified atom stereocenters. The molecule has 2 rings (SSSR count). The van der Waals surface area contributed by atoms with Crippen molar-refractivity contribution in [3.05, 3.63) is 52.7 Å². The second-order valence-corrected chi connectivity index (χ2v) is 5.04. The number of unbranched alkanes of at least 4 members (excludes halogenated alkanes) is 2. The lowest BCUT2D eigenvalue weighted by atomic mass is 10.1. The van der Waals surface area contributed by atoms with Crippen molar-refractivity contribution in [3.63, 3.8) is 0 Å². The minimum atomic E-state index is 0.293. The van der Waals surface area contributed by atoms with E-state index in [-0.39, 0.29) is 0 Å². The molecule has 0 aliphatic carbocycles. The summed E-state index contributed by atoms with van der Waals surface area (Å²) >= 11 is 1.73. The Hall–Kier alpha value is -1.38. The predicted molar refractivity (Wildman–Crippen MR) is 79.7 cm³/mol. The van der Waals surface area contributed by atoms with Gasteiger partial charge in [-0.15, -0.1) is 0 Å². The van der Waals surface area contributed by atoms with Crippen LogP contribution in [0.2, 0.25) is 0 Å². The summed E-state index contributed by atoms with van der Waals surface area (Å²) in [5, 5.41) is 13.0. The number of aliphatic hydroxyl groups excluding tert-OH is 1. The third-order valence-corrected chi connectivity index (χ3v) is 3.51. The first kappa shape index (κ1) is 13.1. The largest absolute Gasteiger partial charge is 0.396 e. The molecule has 0 spiro atoms. The van der Waals surface area contributed by atoms with E-state index in [1.165, 1.54) is 16.7 Å². The van der Waals surface area contributed by atoms with Gasteiger partial charge in [-0.1, -0.05) is 30.4 Å². The van der Waals surface area contributed by atoms with E-state index < -0.39 is 0 Å². The van der Waals surface area contributed by atoms with E-state index in [1.54, 1.807) is 11.3 Å². The highest BCUT2D eigenvalue weighted by atomic mass is 32.1. The Bertz CT molecular complexity index is 486. The van der Waals surface area contributed by atoms with E-state index in [4.69, 9.17) is 5.11 Å². The van der Waals surface area contributed by atoms with Gasteiger partial charge in [0.1, 0.15) is 0 Å². The standard InChI is InChI=1S/C16H18OS/c17-10-4-2-1-3-6-14-7-5-8-15(12-14)16-9-11-18-13-16/h3,5-9,11-13,17H,1-2,4,10H2/b6-3+. The molecule has 0 bridgehead atoms. The molecule has 0 fully saturated rings. The van der Waals surface area contributed by atoms with E-state index in [0.717, 1.165) is 19.3 Å². The Labute approximate surface area is 112 Å². The second kappa shape index (κ2) is 7.14.